The van der Waals surface area contributed by atoms with Gasteiger partial charge in [0.1, 0.15) is 16.5 Å². The lowest BCUT2D eigenvalue weighted by atomic mass is 9.98. The van der Waals surface area contributed by atoms with E-state index >= 15 is 0 Å². The Hall–Kier alpha value is -2.81. The number of nitrogens with zero attached hydrogens (tertiary/aromatic N) is 3. The van der Waals surface area contributed by atoms with Crippen molar-refractivity contribution >= 4 is 29.1 Å². The molecule has 2 heterocycles. The van der Waals surface area contributed by atoms with Crippen LogP contribution < -0.4 is 0 Å². The van der Waals surface area contributed by atoms with Gasteiger partial charge in [-0.2, -0.15) is 0 Å². The number of hydrogen-bond donors (Lipinski definition) is 0. The standard InChI is InChI=1S/C21H24FN3O4S/c1-3-29-21(28)14-7-6-10-25(11-14)18(26)12-24(2)20(27)17-13-30-19(23-17)15-8-4-5-9-16(15)22/h4-5,8-9,13-14H,3,6-7,10-12H2,1-2H3. The first-order valence-electron chi connectivity index (χ1n) is 9.81. The van der Waals surface area contributed by atoms with E-state index in [0.29, 0.717) is 43.1 Å². The first-order valence-corrected chi connectivity index (χ1v) is 10.7. The van der Waals surface area contributed by atoms with Crippen molar-refractivity contribution in [3.8, 4) is 10.6 Å². The second kappa shape index (κ2) is 9.80. The van der Waals surface area contributed by atoms with E-state index in [1.807, 2.05) is 0 Å². The molecule has 1 aromatic heterocycles. The molecule has 0 aliphatic carbocycles. The van der Waals surface area contributed by atoms with Crippen LogP contribution in [0.4, 0.5) is 4.39 Å². The minimum absolute atomic E-state index is 0.124. The zero-order valence-corrected chi connectivity index (χ0v) is 17.8. The molecule has 1 aromatic carbocycles. The number of amides is 2. The van der Waals surface area contributed by atoms with Crippen molar-refractivity contribution in [1.82, 2.24) is 14.8 Å². The molecule has 0 spiro atoms. The van der Waals surface area contributed by atoms with Crippen LogP contribution in [0.2, 0.25) is 0 Å². The lowest BCUT2D eigenvalue weighted by Crippen LogP contribution is -2.47. The number of esters is 1. The normalized spacial score (nSPS) is 16.2. The Labute approximate surface area is 178 Å². The fraction of sp³-hybridized carbons (Fsp3) is 0.429. The van der Waals surface area contributed by atoms with Crippen molar-refractivity contribution in [3.05, 3.63) is 41.2 Å². The molecule has 1 aliphatic heterocycles. The number of likely N-dealkylation sites (N-methyl/N-ethyl adjacent to an activating group) is 1. The van der Waals surface area contributed by atoms with E-state index in [4.69, 9.17) is 4.74 Å². The molecule has 0 N–H and O–H groups in total. The molecule has 30 heavy (non-hydrogen) atoms. The Balaban J connectivity index is 1.61. The molecule has 7 nitrogen and oxygen atoms in total. The van der Waals surface area contributed by atoms with Gasteiger partial charge in [-0.15, -0.1) is 11.3 Å². The van der Waals surface area contributed by atoms with E-state index in [1.165, 1.54) is 29.4 Å². The van der Waals surface area contributed by atoms with Crippen LogP contribution in [0.5, 0.6) is 0 Å². The molecule has 9 heteroatoms. The number of rotatable bonds is 6. The van der Waals surface area contributed by atoms with Crippen LogP contribution in [-0.2, 0) is 14.3 Å². The summed E-state index contributed by atoms with van der Waals surface area (Å²) in [7, 11) is 1.52. The second-order valence-corrected chi connectivity index (χ2v) is 7.97. The Morgan fingerprint density at radius 2 is 2.10 bits per heavy atom. The van der Waals surface area contributed by atoms with Crippen LogP contribution in [0, 0.1) is 11.7 Å². The molecular formula is C21H24FN3O4S. The summed E-state index contributed by atoms with van der Waals surface area (Å²) in [6, 6.07) is 6.23. The first-order chi connectivity index (χ1) is 14.4. The van der Waals surface area contributed by atoms with Crippen molar-refractivity contribution in [2.75, 3.05) is 33.3 Å². The third-order valence-electron chi connectivity index (χ3n) is 4.94. The quantitative estimate of drug-likeness (QED) is 0.655. The van der Waals surface area contributed by atoms with Crippen LogP contribution in [0.25, 0.3) is 10.6 Å². The number of hydrogen-bond acceptors (Lipinski definition) is 6. The summed E-state index contributed by atoms with van der Waals surface area (Å²) >= 11 is 1.17. The zero-order valence-electron chi connectivity index (χ0n) is 17.0. The van der Waals surface area contributed by atoms with E-state index in [0.717, 1.165) is 0 Å². The summed E-state index contributed by atoms with van der Waals surface area (Å²) in [5, 5.41) is 1.97. The SMILES string of the molecule is CCOC(=O)C1CCCN(C(=O)CN(C)C(=O)c2csc(-c3ccccc3F)n2)C1. The predicted molar refractivity (Wildman–Crippen MR) is 110 cm³/mol. The van der Waals surface area contributed by atoms with Gasteiger partial charge in [0.15, 0.2) is 0 Å². The number of benzene rings is 1. The van der Waals surface area contributed by atoms with Crippen LogP contribution in [0.3, 0.4) is 0 Å². The molecule has 1 saturated heterocycles. The molecule has 2 amide bonds. The van der Waals surface area contributed by atoms with E-state index in [1.54, 1.807) is 35.4 Å². The van der Waals surface area contributed by atoms with Gasteiger partial charge in [-0.3, -0.25) is 14.4 Å². The molecule has 160 valence electrons. The van der Waals surface area contributed by atoms with E-state index in [-0.39, 0.29) is 30.0 Å². The topological polar surface area (TPSA) is 79.8 Å². The predicted octanol–water partition coefficient (Wildman–Crippen LogP) is 2.82. The number of piperidine rings is 1. The molecule has 2 aromatic rings. The highest BCUT2D eigenvalue weighted by molar-refractivity contribution is 7.13. The maximum Gasteiger partial charge on any atom is 0.310 e. The van der Waals surface area contributed by atoms with E-state index in [2.05, 4.69) is 4.98 Å². The number of aromatic nitrogens is 1. The third-order valence-corrected chi connectivity index (χ3v) is 5.82. The Morgan fingerprint density at radius 3 is 2.83 bits per heavy atom. The highest BCUT2D eigenvalue weighted by Crippen LogP contribution is 2.26. The van der Waals surface area contributed by atoms with E-state index in [9.17, 15) is 18.8 Å². The maximum absolute atomic E-state index is 13.9. The molecule has 3 rings (SSSR count). The van der Waals surface area contributed by atoms with Gasteiger partial charge in [-0.1, -0.05) is 12.1 Å². The summed E-state index contributed by atoms with van der Waals surface area (Å²) in [6.07, 6.45) is 1.40. The lowest BCUT2D eigenvalue weighted by Gasteiger charge is -2.32. The smallest absolute Gasteiger partial charge is 0.310 e. The number of likely N-dealkylation sites (tertiary alicyclic amines) is 1. The molecule has 0 saturated carbocycles. The van der Waals surface area contributed by atoms with Crippen LogP contribution in [0.1, 0.15) is 30.3 Å². The lowest BCUT2D eigenvalue weighted by molar-refractivity contribution is -0.151. The fourth-order valence-electron chi connectivity index (χ4n) is 3.36. The van der Waals surface area contributed by atoms with Crippen molar-refractivity contribution in [3.63, 3.8) is 0 Å². The van der Waals surface area contributed by atoms with Gasteiger partial charge in [0.2, 0.25) is 5.91 Å². The highest BCUT2D eigenvalue weighted by atomic mass is 32.1. The number of carbonyl (C=O) groups is 3. The Kier molecular flexibility index (Phi) is 7.15. The summed E-state index contributed by atoms with van der Waals surface area (Å²) in [5.74, 6) is -1.67. The molecule has 1 unspecified atom stereocenters. The molecule has 0 radical (unpaired) electrons. The third kappa shape index (κ3) is 5.02. The Bertz CT molecular complexity index is 932. The Morgan fingerprint density at radius 1 is 1.33 bits per heavy atom. The average molecular weight is 434 g/mol. The van der Waals surface area contributed by atoms with Crippen LogP contribution in [-0.4, -0.2) is 65.9 Å². The average Bonchev–Trinajstić information content (AvgIpc) is 3.23. The number of ether oxygens (including phenoxy) is 1. The van der Waals surface area contributed by atoms with Crippen molar-refractivity contribution < 1.29 is 23.5 Å². The minimum Gasteiger partial charge on any atom is -0.466 e. The van der Waals surface area contributed by atoms with Gasteiger partial charge in [0.25, 0.3) is 5.91 Å². The monoisotopic (exact) mass is 433 g/mol. The van der Waals surface area contributed by atoms with Crippen molar-refractivity contribution in [1.29, 1.82) is 0 Å². The molecule has 1 fully saturated rings. The number of thiazole rings is 1. The highest BCUT2D eigenvalue weighted by Gasteiger charge is 2.30. The van der Waals surface area contributed by atoms with Crippen molar-refractivity contribution in [2.45, 2.75) is 19.8 Å². The fourth-order valence-corrected chi connectivity index (χ4v) is 4.18. The van der Waals surface area contributed by atoms with Gasteiger partial charge in [-0.25, -0.2) is 9.37 Å². The summed E-state index contributed by atoms with van der Waals surface area (Å²) in [5.41, 5.74) is 0.496. The van der Waals surface area contributed by atoms with Gasteiger partial charge >= 0.3 is 5.97 Å². The van der Waals surface area contributed by atoms with E-state index < -0.39 is 11.7 Å². The first kappa shape index (κ1) is 21.9. The van der Waals surface area contributed by atoms with Crippen molar-refractivity contribution in [2.24, 2.45) is 5.92 Å². The minimum atomic E-state index is -0.416. The molecule has 1 atom stereocenters. The largest absolute Gasteiger partial charge is 0.466 e. The molecule has 1 aliphatic rings. The zero-order chi connectivity index (χ0) is 21.7. The summed E-state index contributed by atoms with van der Waals surface area (Å²) in [6.45, 7) is 2.78. The second-order valence-electron chi connectivity index (χ2n) is 7.11. The van der Waals surface area contributed by atoms with Gasteiger partial charge in [-0.05, 0) is 31.9 Å². The van der Waals surface area contributed by atoms with Crippen LogP contribution >= 0.6 is 11.3 Å². The van der Waals surface area contributed by atoms with Gasteiger partial charge < -0.3 is 14.5 Å². The van der Waals surface area contributed by atoms with Gasteiger partial charge in [0.05, 0.1) is 19.1 Å². The number of halogens is 1. The molecular weight excluding hydrogens is 409 g/mol. The number of carbonyl (C=O) groups excluding carboxylic acids is 3. The van der Waals surface area contributed by atoms with Gasteiger partial charge in [0, 0.05) is 31.1 Å². The summed E-state index contributed by atoms with van der Waals surface area (Å²) in [4.78, 5) is 44.4. The molecule has 0 bridgehead atoms. The maximum atomic E-state index is 13.9. The van der Waals surface area contributed by atoms with Crippen LogP contribution in [0.15, 0.2) is 29.6 Å². The summed E-state index contributed by atoms with van der Waals surface area (Å²) < 4.78 is 19.0.